The van der Waals surface area contributed by atoms with Gasteiger partial charge >= 0.3 is 0 Å². The van der Waals surface area contributed by atoms with Crippen LogP contribution in [0, 0.1) is 13.8 Å². The summed E-state index contributed by atoms with van der Waals surface area (Å²) in [5.74, 6) is -0.315. The van der Waals surface area contributed by atoms with Crippen molar-refractivity contribution in [3.63, 3.8) is 0 Å². The molecule has 0 radical (unpaired) electrons. The van der Waals surface area contributed by atoms with E-state index in [1.807, 2.05) is 80.6 Å². The van der Waals surface area contributed by atoms with Crippen LogP contribution in [0.25, 0.3) is 21.8 Å². The molecule has 6 heteroatoms. The third-order valence-corrected chi connectivity index (χ3v) is 6.45. The summed E-state index contributed by atoms with van der Waals surface area (Å²) in [4.78, 5) is 33.0. The number of benzene rings is 3. The molecule has 0 unspecified atom stereocenters. The number of hydrogen-bond acceptors (Lipinski definition) is 3. The number of anilines is 2. The molecule has 2 heterocycles. The van der Waals surface area contributed by atoms with Crippen LogP contribution in [0.4, 0.5) is 11.4 Å². The summed E-state index contributed by atoms with van der Waals surface area (Å²) in [5.41, 5.74) is 7.96. The molecule has 5 rings (SSSR count). The normalized spacial score (nSPS) is 11.1. The molecule has 0 aliphatic heterocycles. The van der Waals surface area contributed by atoms with Gasteiger partial charge in [-0.1, -0.05) is 48.5 Å². The molecule has 0 bridgehead atoms. The number of hydrogen-bond donors (Lipinski definition) is 3. The van der Waals surface area contributed by atoms with Gasteiger partial charge in [-0.15, -0.1) is 0 Å². The number of nitrogens with one attached hydrogen (secondary N) is 3. The monoisotopic (exact) mass is 476 g/mol. The Bertz CT molecular complexity index is 1580. The number of para-hydroxylation sites is 2. The van der Waals surface area contributed by atoms with Crippen molar-refractivity contribution in [2.75, 3.05) is 10.6 Å². The molecular weight excluding hydrogens is 448 g/mol. The van der Waals surface area contributed by atoms with E-state index >= 15 is 0 Å². The highest BCUT2D eigenvalue weighted by Crippen LogP contribution is 2.29. The van der Waals surface area contributed by atoms with Crippen LogP contribution in [0.5, 0.6) is 0 Å². The summed E-state index contributed by atoms with van der Waals surface area (Å²) in [6, 6.07) is 23.7. The Hall–Kier alpha value is -4.45. The second-order valence-corrected chi connectivity index (χ2v) is 9.15. The average molecular weight is 477 g/mol. The Kier molecular flexibility index (Phi) is 6.25. The van der Waals surface area contributed by atoms with Gasteiger partial charge in [0.05, 0.1) is 11.2 Å². The summed E-state index contributed by atoms with van der Waals surface area (Å²) < 4.78 is 0. The van der Waals surface area contributed by atoms with E-state index in [0.717, 1.165) is 62.0 Å². The minimum atomic E-state index is -0.222. The van der Waals surface area contributed by atoms with Gasteiger partial charge in [0, 0.05) is 34.6 Å². The number of pyridine rings is 1. The number of rotatable bonds is 6. The summed E-state index contributed by atoms with van der Waals surface area (Å²) in [7, 11) is 0. The standard InChI is InChI=1S/C30H28N4O2/c1-18-7-6-8-19(2)28(18)34-30(36)27-17-24-23-9-4-5-10-25(23)33-29(24)26(32-27)16-13-21-11-14-22(15-12-21)31-20(3)35/h4-12,14-15,17,33H,13,16H2,1-3H3,(H,31,35)(H,34,36). The maximum Gasteiger partial charge on any atom is 0.274 e. The molecule has 36 heavy (non-hydrogen) atoms. The molecule has 0 saturated carbocycles. The summed E-state index contributed by atoms with van der Waals surface area (Å²) in [6.45, 7) is 5.47. The van der Waals surface area contributed by atoms with Crippen LogP contribution in [-0.4, -0.2) is 21.8 Å². The van der Waals surface area contributed by atoms with Crippen LogP contribution in [0.15, 0.2) is 72.8 Å². The first-order valence-corrected chi connectivity index (χ1v) is 12.0. The number of aromatic nitrogens is 2. The van der Waals surface area contributed by atoms with E-state index in [9.17, 15) is 9.59 Å². The maximum absolute atomic E-state index is 13.4. The summed E-state index contributed by atoms with van der Waals surface area (Å²) in [5, 5.41) is 7.92. The van der Waals surface area contributed by atoms with Crippen molar-refractivity contribution in [1.29, 1.82) is 0 Å². The van der Waals surface area contributed by atoms with Gasteiger partial charge in [0.1, 0.15) is 5.69 Å². The summed E-state index contributed by atoms with van der Waals surface area (Å²) >= 11 is 0. The van der Waals surface area contributed by atoms with Crippen molar-refractivity contribution >= 4 is 45.0 Å². The number of carbonyl (C=O) groups excluding carboxylic acids is 2. The van der Waals surface area contributed by atoms with Gasteiger partial charge in [0.25, 0.3) is 5.91 Å². The van der Waals surface area contributed by atoms with Crippen molar-refractivity contribution in [3.8, 4) is 0 Å². The van der Waals surface area contributed by atoms with E-state index in [4.69, 9.17) is 4.98 Å². The first kappa shape index (κ1) is 23.3. The highest BCUT2D eigenvalue weighted by molar-refractivity contribution is 6.12. The third-order valence-electron chi connectivity index (χ3n) is 6.45. The molecule has 3 N–H and O–H groups in total. The molecule has 0 atom stereocenters. The van der Waals surface area contributed by atoms with Crippen LogP contribution in [0.2, 0.25) is 0 Å². The van der Waals surface area contributed by atoms with Crippen molar-refractivity contribution in [2.24, 2.45) is 0 Å². The number of carbonyl (C=O) groups is 2. The molecule has 0 fully saturated rings. The molecule has 2 amide bonds. The molecule has 0 aliphatic rings. The van der Waals surface area contributed by atoms with Crippen LogP contribution in [-0.2, 0) is 17.6 Å². The molecule has 180 valence electrons. The predicted octanol–water partition coefficient (Wildman–Crippen LogP) is 6.33. The predicted molar refractivity (Wildman–Crippen MR) is 146 cm³/mol. The quantitative estimate of drug-likeness (QED) is 0.268. The van der Waals surface area contributed by atoms with Gasteiger partial charge in [-0.25, -0.2) is 4.98 Å². The first-order valence-electron chi connectivity index (χ1n) is 12.0. The zero-order chi connectivity index (χ0) is 25.2. The largest absolute Gasteiger partial charge is 0.353 e. The molecule has 2 aromatic heterocycles. The fourth-order valence-corrected chi connectivity index (χ4v) is 4.62. The number of nitrogens with zero attached hydrogens (tertiary/aromatic N) is 1. The van der Waals surface area contributed by atoms with Crippen LogP contribution < -0.4 is 10.6 Å². The van der Waals surface area contributed by atoms with Gasteiger partial charge < -0.3 is 15.6 Å². The zero-order valence-corrected chi connectivity index (χ0v) is 20.6. The highest BCUT2D eigenvalue weighted by atomic mass is 16.2. The Morgan fingerprint density at radius 3 is 2.28 bits per heavy atom. The van der Waals surface area contributed by atoms with Gasteiger partial charge in [-0.3, -0.25) is 9.59 Å². The lowest BCUT2D eigenvalue weighted by atomic mass is 10.0. The summed E-state index contributed by atoms with van der Waals surface area (Å²) in [6.07, 6.45) is 1.41. The Balaban J connectivity index is 1.49. The van der Waals surface area contributed by atoms with E-state index in [-0.39, 0.29) is 11.8 Å². The minimum absolute atomic E-state index is 0.0934. The molecule has 6 nitrogen and oxygen atoms in total. The first-order chi connectivity index (χ1) is 17.4. The lowest BCUT2D eigenvalue weighted by Gasteiger charge is -2.12. The van der Waals surface area contributed by atoms with Crippen LogP contribution in [0.1, 0.15) is 39.8 Å². The average Bonchev–Trinajstić information content (AvgIpc) is 3.24. The molecule has 0 aliphatic carbocycles. The Morgan fingerprint density at radius 2 is 1.56 bits per heavy atom. The number of fused-ring (bicyclic) bond motifs is 3. The van der Waals surface area contributed by atoms with Crippen molar-refractivity contribution in [1.82, 2.24) is 9.97 Å². The Labute approximate surface area is 209 Å². The fourth-order valence-electron chi connectivity index (χ4n) is 4.62. The number of aromatic amines is 1. The van der Waals surface area contributed by atoms with Gasteiger partial charge in [0.2, 0.25) is 5.91 Å². The number of amides is 2. The van der Waals surface area contributed by atoms with Crippen molar-refractivity contribution in [3.05, 3.63) is 101 Å². The van der Waals surface area contributed by atoms with E-state index in [1.165, 1.54) is 6.92 Å². The minimum Gasteiger partial charge on any atom is -0.353 e. The third kappa shape index (κ3) is 4.70. The van der Waals surface area contributed by atoms with E-state index in [2.05, 4.69) is 21.7 Å². The SMILES string of the molecule is CC(=O)Nc1ccc(CCc2nc(C(=O)Nc3c(C)cccc3C)cc3c2[nH]c2ccccc23)cc1. The molecule has 3 aromatic carbocycles. The number of aryl methyl sites for hydroxylation is 4. The second kappa shape index (κ2) is 9.66. The van der Waals surface area contributed by atoms with Gasteiger partial charge in [-0.05, 0) is 67.6 Å². The number of H-pyrrole nitrogens is 1. The molecule has 5 aromatic rings. The highest BCUT2D eigenvalue weighted by Gasteiger charge is 2.17. The van der Waals surface area contributed by atoms with Gasteiger partial charge in [0.15, 0.2) is 0 Å². The lowest BCUT2D eigenvalue weighted by molar-refractivity contribution is -0.114. The molecule has 0 spiro atoms. The molecular formula is C30H28N4O2. The zero-order valence-electron chi connectivity index (χ0n) is 20.6. The lowest BCUT2D eigenvalue weighted by Crippen LogP contribution is -2.16. The van der Waals surface area contributed by atoms with Gasteiger partial charge in [-0.2, -0.15) is 0 Å². The molecule has 0 saturated heterocycles. The van der Waals surface area contributed by atoms with Crippen molar-refractivity contribution in [2.45, 2.75) is 33.6 Å². The van der Waals surface area contributed by atoms with E-state index in [1.54, 1.807) is 0 Å². The van der Waals surface area contributed by atoms with E-state index < -0.39 is 0 Å². The maximum atomic E-state index is 13.4. The van der Waals surface area contributed by atoms with Crippen LogP contribution >= 0.6 is 0 Å². The fraction of sp³-hybridized carbons (Fsp3) is 0.167. The Morgan fingerprint density at radius 1 is 0.833 bits per heavy atom. The van der Waals surface area contributed by atoms with E-state index in [0.29, 0.717) is 12.1 Å². The van der Waals surface area contributed by atoms with Crippen molar-refractivity contribution < 1.29 is 9.59 Å². The smallest absolute Gasteiger partial charge is 0.274 e. The van der Waals surface area contributed by atoms with Crippen LogP contribution in [0.3, 0.4) is 0 Å². The topological polar surface area (TPSA) is 86.9 Å². The second-order valence-electron chi connectivity index (χ2n) is 9.15.